The lowest BCUT2D eigenvalue weighted by Crippen LogP contribution is -2.13. The summed E-state index contributed by atoms with van der Waals surface area (Å²) in [4.78, 5) is 0. The Morgan fingerprint density at radius 1 is 1.31 bits per heavy atom. The van der Waals surface area contributed by atoms with Gasteiger partial charge in [0.25, 0.3) is 0 Å². The Labute approximate surface area is 106 Å². The van der Waals surface area contributed by atoms with Gasteiger partial charge in [-0.1, -0.05) is 30.5 Å². The Hall–Kier alpha value is -0.270. The summed E-state index contributed by atoms with van der Waals surface area (Å²) in [6, 6.07) is 4.85. The zero-order valence-corrected chi connectivity index (χ0v) is 10.6. The predicted octanol–water partition coefficient (Wildman–Crippen LogP) is 4.99. The summed E-state index contributed by atoms with van der Waals surface area (Å²) in [5, 5.41) is 0.512. The number of halogens is 3. The minimum Gasteiger partial charge on any atom is -0.207 e. The highest BCUT2D eigenvalue weighted by molar-refractivity contribution is 6.31. The Morgan fingerprint density at radius 2 is 2.00 bits per heavy atom. The van der Waals surface area contributed by atoms with E-state index < -0.39 is 0 Å². The van der Waals surface area contributed by atoms with Crippen LogP contribution in [0.5, 0.6) is 0 Å². The van der Waals surface area contributed by atoms with Gasteiger partial charge in [-0.2, -0.15) is 0 Å². The van der Waals surface area contributed by atoms with E-state index in [1.165, 1.54) is 18.9 Å². The van der Waals surface area contributed by atoms with Gasteiger partial charge in [-0.15, -0.1) is 11.6 Å². The molecular weight excluding hydrogens is 246 g/mol. The molecule has 2 rings (SSSR count). The molecule has 1 aromatic carbocycles. The van der Waals surface area contributed by atoms with Crippen molar-refractivity contribution in [2.24, 2.45) is 5.92 Å². The molecule has 0 saturated heterocycles. The standard InChI is InChI=1S/C13H15Cl2F/c14-8-10(9-4-1-2-5-9)13-11(15)6-3-7-12(13)16/h3,6-7,9-10H,1-2,4-5,8H2. The van der Waals surface area contributed by atoms with Crippen molar-refractivity contribution in [3.8, 4) is 0 Å². The van der Waals surface area contributed by atoms with Crippen molar-refractivity contribution in [2.45, 2.75) is 31.6 Å². The molecule has 16 heavy (non-hydrogen) atoms. The molecule has 1 fully saturated rings. The second-order valence-corrected chi connectivity index (χ2v) is 5.16. The fraction of sp³-hybridized carbons (Fsp3) is 0.538. The zero-order chi connectivity index (χ0) is 11.5. The topological polar surface area (TPSA) is 0 Å². The molecular formula is C13H15Cl2F. The maximum atomic E-state index is 13.8. The van der Waals surface area contributed by atoms with Crippen molar-refractivity contribution < 1.29 is 4.39 Å². The maximum Gasteiger partial charge on any atom is 0.128 e. The van der Waals surface area contributed by atoms with Crippen LogP contribution in [-0.4, -0.2) is 5.88 Å². The summed E-state index contributed by atoms with van der Waals surface area (Å²) in [6.45, 7) is 0. The van der Waals surface area contributed by atoms with Crippen LogP contribution >= 0.6 is 23.2 Å². The highest BCUT2D eigenvalue weighted by Gasteiger charge is 2.29. The summed E-state index contributed by atoms with van der Waals surface area (Å²) >= 11 is 12.1. The molecule has 0 heterocycles. The van der Waals surface area contributed by atoms with Crippen LogP contribution in [-0.2, 0) is 0 Å². The van der Waals surface area contributed by atoms with Crippen LogP contribution in [0.2, 0.25) is 5.02 Å². The van der Waals surface area contributed by atoms with Crippen molar-refractivity contribution >= 4 is 23.2 Å². The zero-order valence-electron chi connectivity index (χ0n) is 9.06. The van der Waals surface area contributed by atoms with Crippen molar-refractivity contribution in [3.63, 3.8) is 0 Å². The largest absolute Gasteiger partial charge is 0.207 e. The van der Waals surface area contributed by atoms with E-state index in [1.54, 1.807) is 12.1 Å². The molecule has 0 aliphatic heterocycles. The lowest BCUT2D eigenvalue weighted by Gasteiger charge is -2.22. The van der Waals surface area contributed by atoms with E-state index in [0.29, 0.717) is 22.4 Å². The van der Waals surface area contributed by atoms with E-state index in [4.69, 9.17) is 23.2 Å². The first-order valence-corrected chi connectivity index (χ1v) is 6.65. The molecule has 1 unspecified atom stereocenters. The summed E-state index contributed by atoms with van der Waals surface area (Å²) in [5.74, 6) is 0.792. The van der Waals surface area contributed by atoms with Crippen LogP contribution < -0.4 is 0 Å². The summed E-state index contributed by atoms with van der Waals surface area (Å²) < 4.78 is 13.8. The van der Waals surface area contributed by atoms with Gasteiger partial charge in [0.15, 0.2) is 0 Å². The second kappa shape index (κ2) is 5.37. The SMILES string of the molecule is Fc1cccc(Cl)c1C(CCl)C1CCCC1. The van der Waals surface area contributed by atoms with Gasteiger partial charge >= 0.3 is 0 Å². The molecule has 0 N–H and O–H groups in total. The number of hydrogen-bond acceptors (Lipinski definition) is 0. The van der Waals surface area contributed by atoms with Gasteiger partial charge in [-0.25, -0.2) is 4.39 Å². The predicted molar refractivity (Wildman–Crippen MR) is 66.8 cm³/mol. The molecule has 1 aliphatic rings. The highest BCUT2D eigenvalue weighted by atomic mass is 35.5. The van der Waals surface area contributed by atoms with Crippen LogP contribution in [0, 0.1) is 11.7 Å². The minimum absolute atomic E-state index is 0.0675. The molecule has 0 amide bonds. The Bertz CT molecular complexity index is 339. The average Bonchev–Trinajstić information content (AvgIpc) is 2.77. The van der Waals surface area contributed by atoms with E-state index in [1.807, 2.05) is 0 Å². The molecule has 0 nitrogen and oxygen atoms in total. The number of rotatable bonds is 3. The van der Waals surface area contributed by atoms with Gasteiger partial charge in [0.2, 0.25) is 0 Å². The highest BCUT2D eigenvalue weighted by Crippen LogP contribution is 2.41. The van der Waals surface area contributed by atoms with Crippen LogP contribution in [0.25, 0.3) is 0 Å². The Balaban J connectivity index is 2.32. The normalized spacial score (nSPS) is 18.9. The molecule has 0 aromatic heterocycles. The first-order chi connectivity index (χ1) is 7.74. The third kappa shape index (κ3) is 2.36. The van der Waals surface area contributed by atoms with Crippen molar-refractivity contribution in [3.05, 3.63) is 34.6 Å². The molecule has 1 aliphatic carbocycles. The van der Waals surface area contributed by atoms with Gasteiger partial charge in [0.1, 0.15) is 5.82 Å². The molecule has 1 saturated carbocycles. The molecule has 3 heteroatoms. The average molecular weight is 261 g/mol. The van der Waals surface area contributed by atoms with Gasteiger partial charge in [0.05, 0.1) is 0 Å². The van der Waals surface area contributed by atoms with Crippen molar-refractivity contribution in [2.75, 3.05) is 5.88 Å². The van der Waals surface area contributed by atoms with Crippen molar-refractivity contribution in [1.29, 1.82) is 0 Å². The minimum atomic E-state index is -0.218. The molecule has 0 bridgehead atoms. The van der Waals surface area contributed by atoms with Gasteiger partial charge in [0, 0.05) is 22.4 Å². The second-order valence-electron chi connectivity index (χ2n) is 4.44. The van der Waals surface area contributed by atoms with Crippen LogP contribution in [0.3, 0.4) is 0 Å². The quantitative estimate of drug-likeness (QED) is 0.672. The first-order valence-electron chi connectivity index (χ1n) is 5.74. The van der Waals surface area contributed by atoms with Crippen LogP contribution in [0.4, 0.5) is 4.39 Å². The fourth-order valence-electron chi connectivity index (χ4n) is 2.66. The molecule has 0 spiro atoms. The first kappa shape index (κ1) is 12.2. The lowest BCUT2D eigenvalue weighted by atomic mass is 9.86. The van der Waals surface area contributed by atoms with Gasteiger partial charge in [-0.3, -0.25) is 0 Å². The van der Waals surface area contributed by atoms with E-state index in [-0.39, 0.29) is 11.7 Å². The molecule has 1 aromatic rings. The molecule has 1 atom stereocenters. The number of benzene rings is 1. The van der Waals surface area contributed by atoms with E-state index >= 15 is 0 Å². The van der Waals surface area contributed by atoms with Crippen molar-refractivity contribution in [1.82, 2.24) is 0 Å². The van der Waals surface area contributed by atoms with E-state index in [2.05, 4.69) is 0 Å². The van der Waals surface area contributed by atoms with Crippen LogP contribution in [0.15, 0.2) is 18.2 Å². The van der Waals surface area contributed by atoms with Crippen LogP contribution in [0.1, 0.15) is 37.2 Å². The lowest BCUT2D eigenvalue weighted by molar-refractivity contribution is 0.447. The maximum absolute atomic E-state index is 13.8. The number of hydrogen-bond donors (Lipinski definition) is 0. The summed E-state index contributed by atoms with van der Waals surface area (Å²) in [7, 11) is 0. The van der Waals surface area contributed by atoms with E-state index in [0.717, 1.165) is 12.8 Å². The smallest absolute Gasteiger partial charge is 0.128 e. The van der Waals surface area contributed by atoms with E-state index in [9.17, 15) is 4.39 Å². The Morgan fingerprint density at radius 3 is 2.56 bits per heavy atom. The molecule has 0 radical (unpaired) electrons. The van der Waals surface area contributed by atoms with Gasteiger partial charge in [-0.05, 0) is 30.9 Å². The molecule has 88 valence electrons. The summed E-state index contributed by atoms with van der Waals surface area (Å²) in [6.07, 6.45) is 4.73. The summed E-state index contributed by atoms with van der Waals surface area (Å²) in [5.41, 5.74) is 0.617. The fourth-order valence-corrected chi connectivity index (χ4v) is 3.37. The number of alkyl halides is 1. The Kier molecular flexibility index (Phi) is 4.10. The third-order valence-corrected chi connectivity index (χ3v) is 4.17. The third-order valence-electron chi connectivity index (χ3n) is 3.51. The monoisotopic (exact) mass is 260 g/mol. The van der Waals surface area contributed by atoms with Gasteiger partial charge < -0.3 is 0 Å².